The maximum atomic E-state index is 11.9. The van der Waals surface area contributed by atoms with Gasteiger partial charge in [0, 0.05) is 12.5 Å². The van der Waals surface area contributed by atoms with E-state index in [4.69, 9.17) is 0 Å². The molecule has 2 atom stereocenters. The maximum absolute atomic E-state index is 11.9. The Kier molecular flexibility index (Phi) is 5.48. The largest absolute Gasteiger partial charge is 0.353 e. The molecule has 2 aliphatic rings. The third-order valence-electron chi connectivity index (χ3n) is 4.67. The average Bonchev–Trinajstić information content (AvgIpc) is 2.91. The lowest BCUT2D eigenvalue weighted by atomic mass is 9.94. The highest BCUT2D eigenvalue weighted by Crippen LogP contribution is 2.27. The molecule has 1 aliphatic heterocycles. The van der Waals surface area contributed by atoms with Crippen LogP contribution < -0.4 is 10.6 Å². The fourth-order valence-electron chi connectivity index (χ4n) is 3.41. The molecule has 18 heavy (non-hydrogen) atoms. The minimum atomic E-state index is 0.264. The van der Waals surface area contributed by atoms with Gasteiger partial charge in [0.05, 0.1) is 0 Å². The van der Waals surface area contributed by atoms with Crippen LogP contribution >= 0.6 is 0 Å². The maximum Gasteiger partial charge on any atom is 0.220 e. The fourth-order valence-corrected chi connectivity index (χ4v) is 3.41. The summed E-state index contributed by atoms with van der Waals surface area (Å²) in [4.78, 5) is 11.9. The monoisotopic (exact) mass is 252 g/mol. The summed E-state index contributed by atoms with van der Waals surface area (Å²) in [6.07, 6.45) is 9.61. The summed E-state index contributed by atoms with van der Waals surface area (Å²) >= 11 is 0. The van der Waals surface area contributed by atoms with E-state index in [1.807, 2.05) is 0 Å². The molecule has 104 valence electrons. The molecular formula is C15H28N2O. The number of rotatable bonds is 5. The molecule has 2 fully saturated rings. The van der Waals surface area contributed by atoms with Crippen molar-refractivity contribution in [2.45, 2.75) is 64.3 Å². The van der Waals surface area contributed by atoms with E-state index in [0.29, 0.717) is 18.4 Å². The molecular weight excluding hydrogens is 224 g/mol. The van der Waals surface area contributed by atoms with Gasteiger partial charge in [-0.25, -0.2) is 0 Å². The molecule has 0 aromatic carbocycles. The Labute approximate surface area is 111 Å². The summed E-state index contributed by atoms with van der Waals surface area (Å²) in [6.45, 7) is 4.43. The number of hydrogen-bond acceptors (Lipinski definition) is 2. The van der Waals surface area contributed by atoms with Gasteiger partial charge >= 0.3 is 0 Å². The molecule has 3 heteroatoms. The zero-order chi connectivity index (χ0) is 12.8. The molecule has 3 nitrogen and oxygen atoms in total. The van der Waals surface area contributed by atoms with Gasteiger partial charge in [-0.15, -0.1) is 0 Å². The van der Waals surface area contributed by atoms with E-state index in [2.05, 4.69) is 17.6 Å². The quantitative estimate of drug-likeness (QED) is 0.789. The van der Waals surface area contributed by atoms with E-state index in [1.165, 1.54) is 38.5 Å². The number of amides is 1. The molecule has 2 N–H and O–H groups in total. The minimum absolute atomic E-state index is 0.264. The zero-order valence-electron chi connectivity index (χ0n) is 11.7. The van der Waals surface area contributed by atoms with Gasteiger partial charge in [0.15, 0.2) is 0 Å². The minimum Gasteiger partial charge on any atom is -0.353 e. The first-order valence-corrected chi connectivity index (χ1v) is 7.76. The van der Waals surface area contributed by atoms with E-state index in [1.54, 1.807) is 0 Å². The van der Waals surface area contributed by atoms with Crippen LogP contribution in [0.5, 0.6) is 0 Å². The lowest BCUT2D eigenvalue weighted by molar-refractivity contribution is -0.122. The van der Waals surface area contributed by atoms with Crippen molar-refractivity contribution in [1.29, 1.82) is 0 Å². The van der Waals surface area contributed by atoms with Crippen LogP contribution in [0.2, 0.25) is 0 Å². The Hall–Kier alpha value is -0.570. The first-order valence-electron chi connectivity index (χ1n) is 7.76. The molecule has 0 aromatic heterocycles. The van der Waals surface area contributed by atoms with E-state index in [-0.39, 0.29) is 5.91 Å². The highest BCUT2D eigenvalue weighted by molar-refractivity contribution is 5.76. The average molecular weight is 252 g/mol. The van der Waals surface area contributed by atoms with Crippen molar-refractivity contribution in [3.63, 3.8) is 0 Å². The Morgan fingerprint density at radius 1 is 1.28 bits per heavy atom. The van der Waals surface area contributed by atoms with Crippen LogP contribution in [0.15, 0.2) is 0 Å². The van der Waals surface area contributed by atoms with Gasteiger partial charge in [0.25, 0.3) is 0 Å². The standard InChI is InChI=1S/C15H28N2O/c1-12(14-6-2-3-7-14)17-15(18)9-8-13-5-4-10-16-11-13/h12-14,16H,2-11H2,1H3,(H,17,18)/t12-,13?/m0/s1. The predicted octanol–water partition coefficient (Wildman–Crippen LogP) is 2.46. The molecule has 0 radical (unpaired) electrons. The van der Waals surface area contributed by atoms with Crippen LogP contribution in [-0.4, -0.2) is 25.0 Å². The number of hydrogen-bond donors (Lipinski definition) is 2. The lowest BCUT2D eigenvalue weighted by Crippen LogP contribution is -2.38. The highest BCUT2D eigenvalue weighted by atomic mass is 16.1. The van der Waals surface area contributed by atoms with Gasteiger partial charge in [-0.05, 0) is 64.0 Å². The third-order valence-corrected chi connectivity index (χ3v) is 4.67. The van der Waals surface area contributed by atoms with Crippen LogP contribution in [0, 0.1) is 11.8 Å². The molecule has 0 aromatic rings. The third kappa shape index (κ3) is 4.27. The summed E-state index contributed by atoms with van der Waals surface area (Å²) in [5.41, 5.74) is 0. The van der Waals surface area contributed by atoms with E-state index < -0.39 is 0 Å². The molecule has 0 bridgehead atoms. The number of nitrogens with one attached hydrogen (secondary N) is 2. The Balaban J connectivity index is 1.61. The van der Waals surface area contributed by atoms with Crippen LogP contribution in [0.25, 0.3) is 0 Å². The van der Waals surface area contributed by atoms with Crippen molar-refractivity contribution in [3.05, 3.63) is 0 Å². The fraction of sp³-hybridized carbons (Fsp3) is 0.933. The van der Waals surface area contributed by atoms with Gasteiger partial charge in [-0.1, -0.05) is 12.8 Å². The second-order valence-corrected chi connectivity index (χ2v) is 6.15. The van der Waals surface area contributed by atoms with Crippen molar-refractivity contribution in [2.24, 2.45) is 11.8 Å². The molecule has 1 saturated heterocycles. The van der Waals surface area contributed by atoms with Crippen molar-refractivity contribution < 1.29 is 4.79 Å². The van der Waals surface area contributed by atoms with E-state index in [9.17, 15) is 4.79 Å². The summed E-state index contributed by atoms with van der Waals surface area (Å²) in [5.74, 6) is 1.71. The van der Waals surface area contributed by atoms with Crippen LogP contribution in [-0.2, 0) is 4.79 Å². The first-order chi connectivity index (χ1) is 8.75. The number of carbonyl (C=O) groups is 1. The highest BCUT2D eigenvalue weighted by Gasteiger charge is 2.23. The normalized spacial score (nSPS) is 27.1. The predicted molar refractivity (Wildman–Crippen MR) is 74.4 cm³/mol. The van der Waals surface area contributed by atoms with Crippen molar-refractivity contribution >= 4 is 5.91 Å². The van der Waals surface area contributed by atoms with Crippen molar-refractivity contribution in [1.82, 2.24) is 10.6 Å². The van der Waals surface area contributed by atoms with Crippen LogP contribution in [0.1, 0.15) is 58.3 Å². The van der Waals surface area contributed by atoms with Crippen molar-refractivity contribution in [3.8, 4) is 0 Å². The summed E-state index contributed by atoms with van der Waals surface area (Å²) in [5, 5.41) is 6.61. The van der Waals surface area contributed by atoms with Gasteiger partial charge in [0.1, 0.15) is 0 Å². The number of carbonyl (C=O) groups excluding carboxylic acids is 1. The second kappa shape index (κ2) is 7.13. The van der Waals surface area contributed by atoms with Crippen LogP contribution in [0.3, 0.4) is 0 Å². The second-order valence-electron chi connectivity index (χ2n) is 6.15. The van der Waals surface area contributed by atoms with Crippen LogP contribution in [0.4, 0.5) is 0 Å². The number of piperidine rings is 1. The van der Waals surface area contributed by atoms with E-state index >= 15 is 0 Å². The summed E-state index contributed by atoms with van der Waals surface area (Å²) < 4.78 is 0. The smallest absolute Gasteiger partial charge is 0.220 e. The molecule has 1 aliphatic carbocycles. The topological polar surface area (TPSA) is 41.1 Å². The SMILES string of the molecule is C[C@H](NC(=O)CCC1CCCNC1)C1CCCC1. The molecule has 1 amide bonds. The van der Waals surface area contributed by atoms with Gasteiger partial charge in [-0.2, -0.15) is 0 Å². The zero-order valence-corrected chi connectivity index (χ0v) is 11.7. The molecule has 1 heterocycles. The Morgan fingerprint density at radius 2 is 2.06 bits per heavy atom. The molecule has 0 spiro atoms. The first kappa shape index (κ1) is 13.9. The Morgan fingerprint density at radius 3 is 2.72 bits per heavy atom. The van der Waals surface area contributed by atoms with Gasteiger partial charge < -0.3 is 10.6 Å². The molecule has 1 saturated carbocycles. The summed E-state index contributed by atoms with van der Waals surface area (Å²) in [6, 6.07) is 0.379. The Bertz CT molecular complexity index is 255. The lowest BCUT2D eigenvalue weighted by Gasteiger charge is -2.24. The van der Waals surface area contributed by atoms with E-state index in [0.717, 1.165) is 25.4 Å². The van der Waals surface area contributed by atoms with Crippen molar-refractivity contribution in [2.75, 3.05) is 13.1 Å². The van der Waals surface area contributed by atoms with Gasteiger partial charge in [-0.3, -0.25) is 4.79 Å². The summed E-state index contributed by atoms with van der Waals surface area (Å²) in [7, 11) is 0. The van der Waals surface area contributed by atoms with Gasteiger partial charge in [0.2, 0.25) is 5.91 Å². The molecule has 1 unspecified atom stereocenters. The molecule has 2 rings (SSSR count).